The number of methoxy groups -OCH3 is 1. The Hall–Kier alpha value is -0.900. The maximum absolute atomic E-state index is 5.64. The summed E-state index contributed by atoms with van der Waals surface area (Å²) in [5.74, 6) is 0.879. The van der Waals surface area contributed by atoms with Crippen LogP contribution in [0.2, 0.25) is 0 Å². The van der Waals surface area contributed by atoms with Crippen LogP contribution in [-0.2, 0) is 22.6 Å². The fourth-order valence-corrected chi connectivity index (χ4v) is 3.95. The number of hydrogen-bond donors (Lipinski definition) is 0. The summed E-state index contributed by atoms with van der Waals surface area (Å²) < 4.78 is 10.7. The topological polar surface area (TPSA) is 21.7 Å². The highest BCUT2D eigenvalue weighted by Crippen LogP contribution is 2.38. The summed E-state index contributed by atoms with van der Waals surface area (Å²) in [6.07, 6.45) is 5.40. The molecule has 1 aliphatic carbocycles. The molecule has 1 aromatic rings. The molecule has 0 amide bonds. The second-order valence-electron chi connectivity index (χ2n) is 8.65. The zero-order valence-corrected chi connectivity index (χ0v) is 16.9. The molecule has 0 aliphatic heterocycles. The Morgan fingerprint density at radius 3 is 2.36 bits per heavy atom. The lowest BCUT2D eigenvalue weighted by molar-refractivity contribution is 0.0616. The van der Waals surface area contributed by atoms with Gasteiger partial charge in [0, 0.05) is 19.7 Å². The highest BCUT2D eigenvalue weighted by Gasteiger charge is 2.30. The van der Waals surface area contributed by atoms with Crippen molar-refractivity contribution in [2.75, 3.05) is 27.4 Å². The molecule has 0 atom stereocenters. The molecule has 1 fully saturated rings. The van der Waals surface area contributed by atoms with Gasteiger partial charge in [0.25, 0.3) is 0 Å². The van der Waals surface area contributed by atoms with Gasteiger partial charge in [0.15, 0.2) is 0 Å². The van der Waals surface area contributed by atoms with E-state index in [2.05, 4.69) is 57.0 Å². The van der Waals surface area contributed by atoms with Gasteiger partial charge in [0.05, 0.1) is 19.8 Å². The van der Waals surface area contributed by atoms with E-state index in [-0.39, 0.29) is 0 Å². The van der Waals surface area contributed by atoms with Crippen molar-refractivity contribution in [2.24, 2.45) is 11.3 Å². The lowest BCUT2D eigenvalue weighted by atomic mass is 9.71. The Morgan fingerprint density at radius 2 is 1.72 bits per heavy atom. The first kappa shape index (κ1) is 20.4. The minimum atomic E-state index is 0.459. The van der Waals surface area contributed by atoms with Gasteiger partial charge in [-0.2, -0.15) is 0 Å². The van der Waals surface area contributed by atoms with Crippen molar-refractivity contribution < 1.29 is 9.47 Å². The summed E-state index contributed by atoms with van der Waals surface area (Å²) in [5, 5.41) is 0. The number of ether oxygens (including phenoxy) is 2. The maximum Gasteiger partial charge on any atom is 0.0718 e. The first-order valence-electron chi connectivity index (χ1n) is 9.75. The number of nitrogens with zero attached hydrogens (tertiary/aromatic N) is 1. The summed E-state index contributed by atoms with van der Waals surface area (Å²) in [4.78, 5) is 2.55. The van der Waals surface area contributed by atoms with Gasteiger partial charge in [0.1, 0.15) is 0 Å². The van der Waals surface area contributed by atoms with Crippen molar-refractivity contribution >= 4 is 0 Å². The number of hydrogen-bond acceptors (Lipinski definition) is 3. The Morgan fingerprint density at radius 1 is 1.04 bits per heavy atom. The molecule has 3 heteroatoms. The smallest absolute Gasteiger partial charge is 0.0718 e. The van der Waals surface area contributed by atoms with Gasteiger partial charge in [-0.3, -0.25) is 4.90 Å². The standard InChI is InChI=1S/C22H37NO2/c1-22(2,3)20-9-11-21(12-10-20)23(4)16-18-7-6-8-19(15-18)17-25-14-13-24-5/h6-8,15,20-21H,9-14,16-17H2,1-5H3. The SMILES string of the molecule is COCCOCc1cccc(CN(C)C2CCC(C(C)(C)C)CC2)c1. The van der Waals surface area contributed by atoms with Crippen molar-refractivity contribution in [1.82, 2.24) is 4.90 Å². The molecule has 0 unspecified atom stereocenters. The minimum absolute atomic E-state index is 0.459. The Bertz CT molecular complexity index is 501. The Balaban J connectivity index is 1.81. The molecule has 1 aromatic carbocycles. The average molecular weight is 348 g/mol. The van der Waals surface area contributed by atoms with Crippen LogP contribution in [0, 0.1) is 11.3 Å². The highest BCUT2D eigenvalue weighted by atomic mass is 16.5. The quantitative estimate of drug-likeness (QED) is 0.625. The van der Waals surface area contributed by atoms with Crippen LogP contribution in [-0.4, -0.2) is 38.3 Å². The third-order valence-corrected chi connectivity index (χ3v) is 5.67. The van der Waals surface area contributed by atoms with E-state index in [0.29, 0.717) is 25.2 Å². The molecule has 1 saturated carbocycles. The molecule has 1 aliphatic rings. The molecule has 0 spiro atoms. The predicted molar refractivity (Wildman–Crippen MR) is 105 cm³/mol. The zero-order chi connectivity index (χ0) is 18.3. The lowest BCUT2D eigenvalue weighted by Gasteiger charge is -2.40. The van der Waals surface area contributed by atoms with E-state index in [0.717, 1.165) is 18.5 Å². The monoisotopic (exact) mass is 347 g/mol. The summed E-state index contributed by atoms with van der Waals surface area (Å²) >= 11 is 0. The first-order valence-corrected chi connectivity index (χ1v) is 9.75. The zero-order valence-electron chi connectivity index (χ0n) is 16.9. The molecule has 25 heavy (non-hydrogen) atoms. The fourth-order valence-electron chi connectivity index (χ4n) is 3.95. The van der Waals surface area contributed by atoms with Gasteiger partial charge >= 0.3 is 0 Å². The molecule has 2 rings (SSSR count). The van der Waals surface area contributed by atoms with E-state index in [1.807, 2.05) is 0 Å². The summed E-state index contributed by atoms with van der Waals surface area (Å²) in [7, 11) is 3.98. The minimum Gasteiger partial charge on any atom is -0.382 e. The van der Waals surface area contributed by atoms with Crippen LogP contribution in [0.25, 0.3) is 0 Å². The summed E-state index contributed by atoms with van der Waals surface area (Å²) in [5.41, 5.74) is 3.09. The second-order valence-corrected chi connectivity index (χ2v) is 8.65. The van der Waals surface area contributed by atoms with Crippen molar-refractivity contribution in [3.63, 3.8) is 0 Å². The Kier molecular flexibility index (Phi) is 7.92. The summed E-state index contributed by atoms with van der Waals surface area (Å²) in [6, 6.07) is 9.53. The highest BCUT2D eigenvalue weighted by molar-refractivity contribution is 5.23. The fraction of sp³-hybridized carbons (Fsp3) is 0.727. The Labute approximate surface area is 154 Å². The van der Waals surface area contributed by atoms with E-state index in [1.54, 1.807) is 7.11 Å². The van der Waals surface area contributed by atoms with E-state index in [4.69, 9.17) is 9.47 Å². The molecule has 0 saturated heterocycles. The molecule has 3 nitrogen and oxygen atoms in total. The van der Waals surface area contributed by atoms with E-state index in [1.165, 1.54) is 36.8 Å². The van der Waals surface area contributed by atoms with E-state index in [9.17, 15) is 0 Å². The predicted octanol–water partition coefficient (Wildman–Crippen LogP) is 4.89. The maximum atomic E-state index is 5.64. The van der Waals surface area contributed by atoms with Gasteiger partial charge in [-0.1, -0.05) is 45.0 Å². The molecule has 0 aromatic heterocycles. The molecule has 0 radical (unpaired) electrons. The van der Waals surface area contributed by atoms with Crippen LogP contribution in [0.4, 0.5) is 0 Å². The third-order valence-electron chi connectivity index (χ3n) is 5.67. The van der Waals surface area contributed by atoms with Crippen LogP contribution < -0.4 is 0 Å². The number of benzene rings is 1. The van der Waals surface area contributed by atoms with E-state index >= 15 is 0 Å². The largest absolute Gasteiger partial charge is 0.382 e. The first-order chi connectivity index (χ1) is 11.9. The van der Waals surface area contributed by atoms with Crippen LogP contribution in [0.5, 0.6) is 0 Å². The molecular weight excluding hydrogens is 310 g/mol. The van der Waals surface area contributed by atoms with Crippen molar-refractivity contribution in [3.8, 4) is 0 Å². The van der Waals surface area contributed by atoms with Crippen LogP contribution >= 0.6 is 0 Å². The normalized spacial score (nSPS) is 21.7. The molecule has 0 heterocycles. The van der Waals surface area contributed by atoms with Gasteiger partial charge in [0.2, 0.25) is 0 Å². The van der Waals surface area contributed by atoms with E-state index < -0.39 is 0 Å². The lowest BCUT2D eigenvalue weighted by Crippen LogP contribution is -2.37. The number of rotatable bonds is 8. The van der Waals surface area contributed by atoms with Crippen molar-refractivity contribution in [1.29, 1.82) is 0 Å². The molecular formula is C22H37NO2. The van der Waals surface area contributed by atoms with Crippen LogP contribution in [0.1, 0.15) is 57.6 Å². The van der Waals surface area contributed by atoms with Crippen molar-refractivity contribution in [3.05, 3.63) is 35.4 Å². The van der Waals surface area contributed by atoms with Crippen LogP contribution in [0.15, 0.2) is 24.3 Å². The van der Waals surface area contributed by atoms with Gasteiger partial charge in [-0.15, -0.1) is 0 Å². The van der Waals surface area contributed by atoms with Gasteiger partial charge < -0.3 is 9.47 Å². The van der Waals surface area contributed by atoms with Crippen LogP contribution in [0.3, 0.4) is 0 Å². The second kappa shape index (κ2) is 9.70. The summed E-state index contributed by atoms with van der Waals surface area (Å²) in [6.45, 7) is 10.2. The molecule has 142 valence electrons. The van der Waals surface area contributed by atoms with Gasteiger partial charge in [-0.25, -0.2) is 0 Å². The van der Waals surface area contributed by atoms with Gasteiger partial charge in [-0.05, 0) is 55.2 Å². The molecule has 0 bridgehead atoms. The molecule has 0 N–H and O–H groups in total. The third kappa shape index (κ3) is 6.73. The average Bonchev–Trinajstić information content (AvgIpc) is 2.58. The van der Waals surface area contributed by atoms with Crippen molar-refractivity contribution in [2.45, 2.75) is 65.6 Å².